The molecule has 0 radical (unpaired) electrons. The molecule has 140 valence electrons. The molecule has 4 saturated carbocycles. The summed E-state index contributed by atoms with van der Waals surface area (Å²) in [4.78, 5) is 0. The van der Waals surface area contributed by atoms with Crippen molar-refractivity contribution in [2.75, 3.05) is 0 Å². The maximum atomic E-state index is 10.5. The van der Waals surface area contributed by atoms with Crippen molar-refractivity contribution >= 4 is 0 Å². The quantitative estimate of drug-likeness (QED) is 0.715. The van der Waals surface area contributed by atoms with Gasteiger partial charge in [0.25, 0.3) is 0 Å². The van der Waals surface area contributed by atoms with Crippen LogP contribution in [-0.4, -0.2) is 45.8 Å². The van der Waals surface area contributed by atoms with Crippen molar-refractivity contribution in [2.45, 2.75) is 101 Å². The van der Waals surface area contributed by atoms with Crippen LogP contribution in [-0.2, 0) is 9.47 Å². The lowest BCUT2D eigenvalue weighted by atomic mass is 9.44. The Bertz CT molecular complexity index is 635. The van der Waals surface area contributed by atoms with E-state index in [4.69, 9.17) is 9.47 Å². The van der Waals surface area contributed by atoms with Crippen LogP contribution in [0.25, 0.3) is 0 Å². The van der Waals surface area contributed by atoms with Gasteiger partial charge >= 0.3 is 0 Å². The molecule has 0 aromatic rings. The van der Waals surface area contributed by atoms with Crippen LogP contribution in [0.2, 0.25) is 0 Å². The Morgan fingerprint density at radius 1 is 0.960 bits per heavy atom. The third kappa shape index (κ3) is 1.51. The number of hydrogen-bond acceptors (Lipinski definition) is 4. The van der Waals surface area contributed by atoms with Crippen molar-refractivity contribution < 1.29 is 19.7 Å². The largest absolute Gasteiger partial charge is 0.393 e. The van der Waals surface area contributed by atoms with E-state index < -0.39 is 0 Å². The summed E-state index contributed by atoms with van der Waals surface area (Å²) in [6, 6.07) is 0. The summed E-state index contributed by atoms with van der Waals surface area (Å²) >= 11 is 0. The fourth-order valence-electron chi connectivity index (χ4n) is 8.90. The summed E-state index contributed by atoms with van der Waals surface area (Å²) < 4.78 is 12.5. The first kappa shape index (κ1) is 15.9. The van der Waals surface area contributed by atoms with E-state index in [2.05, 4.69) is 13.8 Å². The molecule has 6 aliphatic rings. The third-order valence-electron chi connectivity index (χ3n) is 10.2. The highest BCUT2D eigenvalue weighted by Crippen LogP contribution is 2.77. The van der Waals surface area contributed by atoms with Crippen molar-refractivity contribution in [1.29, 1.82) is 0 Å². The molecule has 1 spiro atoms. The lowest BCUT2D eigenvalue weighted by Crippen LogP contribution is -2.60. The molecule has 0 aromatic heterocycles. The first-order valence-electron chi connectivity index (χ1n) is 10.5. The second kappa shape index (κ2) is 4.29. The predicted octanol–water partition coefficient (Wildman–Crippen LogP) is 2.65. The van der Waals surface area contributed by atoms with Crippen LogP contribution >= 0.6 is 0 Å². The standard InChI is InChI=1S/C21H32O4/c1-11(22)21-17(25-21)9-15-13-8-16-20(24-16)10-12(23)4-6-18(20,2)14(13)5-7-19(15,21)3/h11-17,22-23H,4-10H2,1-3H3/t11-,12-,13+,14-,15-,16+,17-,18+,19-,20-,21-/m0/s1. The first-order chi connectivity index (χ1) is 11.8. The van der Waals surface area contributed by atoms with Gasteiger partial charge in [-0.25, -0.2) is 0 Å². The Kier molecular flexibility index (Phi) is 2.72. The van der Waals surface area contributed by atoms with E-state index in [0.29, 0.717) is 23.9 Å². The average molecular weight is 348 g/mol. The maximum Gasteiger partial charge on any atom is 0.126 e. The van der Waals surface area contributed by atoms with Crippen molar-refractivity contribution in [2.24, 2.45) is 28.6 Å². The maximum absolute atomic E-state index is 10.5. The number of rotatable bonds is 1. The van der Waals surface area contributed by atoms with Crippen LogP contribution in [0.3, 0.4) is 0 Å². The summed E-state index contributed by atoms with van der Waals surface area (Å²) in [5.41, 5.74) is 0.0456. The van der Waals surface area contributed by atoms with E-state index >= 15 is 0 Å². The molecule has 6 rings (SSSR count). The number of aliphatic hydroxyl groups is 2. The Balaban J connectivity index is 1.37. The summed E-state index contributed by atoms with van der Waals surface area (Å²) in [5, 5.41) is 20.8. The normalized spacial score (nSPS) is 68.0. The fraction of sp³-hybridized carbons (Fsp3) is 1.00. The number of fused-ring (bicyclic) bond motifs is 6. The summed E-state index contributed by atoms with van der Waals surface area (Å²) in [6.45, 7) is 6.80. The Morgan fingerprint density at radius 2 is 1.72 bits per heavy atom. The number of hydrogen-bond donors (Lipinski definition) is 2. The Hall–Kier alpha value is -0.160. The molecule has 0 amide bonds. The summed E-state index contributed by atoms with van der Waals surface area (Å²) in [5.74, 6) is 2.07. The SMILES string of the molecule is C[C@H](O)[C@]12O[C@H]1C[C@H]1[C@@H]3C[C@H]4O[C@@]45C[C@@H](O)CC[C@]5(C)[C@H]3CC[C@@]12C. The van der Waals surface area contributed by atoms with E-state index in [-0.39, 0.29) is 40.3 Å². The van der Waals surface area contributed by atoms with Gasteiger partial charge in [0.2, 0.25) is 0 Å². The molecule has 4 nitrogen and oxygen atoms in total. The van der Waals surface area contributed by atoms with E-state index in [1.807, 2.05) is 6.92 Å². The molecule has 2 saturated heterocycles. The zero-order valence-corrected chi connectivity index (χ0v) is 15.7. The molecule has 25 heavy (non-hydrogen) atoms. The molecule has 0 aromatic carbocycles. The zero-order valence-electron chi connectivity index (χ0n) is 15.7. The third-order valence-corrected chi connectivity index (χ3v) is 10.2. The van der Waals surface area contributed by atoms with Gasteiger partial charge in [0.1, 0.15) is 11.2 Å². The molecule has 6 fully saturated rings. The highest BCUT2D eigenvalue weighted by Gasteiger charge is 2.82. The van der Waals surface area contributed by atoms with Crippen LogP contribution in [0, 0.1) is 28.6 Å². The van der Waals surface area contributed by atoms with Crippen LogP contribution in [0.5, 0.6) is 0 Å². The van der Waals surface area contributed by atoms with Gasteiger partial charge in [0, 0.05) is 17.3 Å². The molecule has 0 unspecified atom stereocenters. The van der Waals surface area contributed by atoms with Crippen LogP contribution in [0.1, 0.15) is 65.7 Å². The smallest absolute Gasteiger partial charge is 0.126 e. The molecule has 2 N–H and O–H groups in total. The van der Waals surface area contributed by atoms with E-state index in [9.17, 15) is 10.2 Å². The summed E-state index contributed by atoms with van der Waals surface area (Å²) in [6.07, 6.45) is 7.66. The lowest BCUT2D eigenvalue weighted by molar-refractivity contribution is -0.140. The minimum atomic E-state index is -0.371. The highest BCUT2D eigenvalue weighted by molar-refractivity contribution is 5.30. The summed E-state index contributed by atoms with van der Waals surface area (Å²) in [7, 11) is 0. The van der Waals surface area contributed by atoms with Crippen molar-refractivity contribution in [3.8, 4) is 0 Å². The lowest BCUT2D eigenvalue weighted by Gasteiger charge is -2.59. The van der Waals surface area contributed by atoms with Gasteiger partial charge < -0.3 is 19.7 Å². The molecule has 4 heteroatoms. The molecule has 11 atom stereocenters. The zero-order chi connectivity index (χ0) is 17.4. The topological polar surface area (TPSA) is 65.5 Å². The second-order valence-corrected chi connectivity index (χ2v) is 10.7. The van der Waals surface area contributed by atoms with Crippen molar-refractivity contribution in [3.63, 3.8) is 0 Å². The van der Waals surface area contributed by atoms with Gasteiger partial charge in [-0.3, -0.25) is 0 Å². The molecule has 2 aliphatic heterocycles. The number of epoxide rings is 2. The monoisotopic (exact) mass is 348 g/mol. The van der Waals surface area contributed by atoms with Gasteiger partial charge in [-0.2, -0.15) is 0 Å². The van der Waals surface area contributed by atoms with Gasteiger partial charge in [-0.05, 0) is 63.2 Å². The van der Waals surface area contributed by atoms with E-state index in [1.54, 1.807) is 0 Å². The minimum absolute atomic E-state index is 0.0282. The van der Waals surface area contributed by atoms with Crippen LogP contribution in [0.15, 0.2) is 0 Å². The Labute approximate surface area is 150 Å². The van der Waals surface area contributed by atoms with Gasteiger partial charge in [-0.1, -0.05) is 13.8 Å². The van der Waals surface area contributed by atoms with E-state index in [0.717, 1.165) is 32.1 Å². The molecular formula is C21H32O4. The first-order valence-corrected chi connectivity index (χ1v) is 10.5. The molecular weight excluding hydrogens is 316 g/mol. The number of aliphatic hydroxyl groups excluding tert-OH is 2. The minimum Gasteiger partial charge on any atom is -0.393 e. The van der Waals surface area contributed by atoms with Crippen LogP contribution in [0.4, 0.5) is 0 Å². The van der Waals surface area contributed by atoms with Gasteiger partial charge in [-0.15, -0.1) is 0 Å². The number of ether oxygens (including phenoxy) is 2. The molecule has 4 aliphatic carbocycles. The van der Waals surface area contributed by atoms with Crippen molar-refractivity contribution in [3.05, 3.63) is 0 Å². The Morgan fingerprint density at radius 3 is 2.48 bits per heavy atom. The van der Waals surface area contributed by atoms with Gasteiger partial charge in [0.05, 0.1) is 24.4 Å². The average Bonchev–Trinajstić information content (AvgIpc) is 3.42. The van der Waals surface area contributed by atoms with E-state index in [1.165, 1.54) is 12.8 Å². The second-order valence-electron chi connectivity index (χ2n) is 10.7. The van der Waals surface area contributed by atoms with Gasteiger partial charge in [0.15, 0.2) is 0 Å². The fourth-order valence-corrected chi connectivity index (χ4v) is 8.90. The molecule has 2 heterocycles. The predicted molar refractivity (Wildman–Crippen MR) is 91.9 cm³/mol. The highest BCUT2D eigenvalue weighted by atomic mass is 16.6. The van der Waals surface area contributed by atoms with Crippen LogP contribution < -0.4 is 0 Å². The van der Waals surface area contributed by atoms with Crippen molar-refractivity contribution in [1.82, 2.24) is 0 Å². The molecule has 0 bridgehead atoms.